The molecule has 1 amide bonds. The van der Waals surface area contributed by atoms with Gasteiger partial charge >= 0.3 is 0 Å². The van der Waals surface area contributed by atoms with Gasteiger partial charge in [0, 0.05) is 13.0 Å². The van der Waals surface area contributed by atoms with E-state index in [-0.39, 0.29) is 18.1 Å². The molecule has 1 aliphatic heterocycles. The largest absolute Gasteiger partial charge is 0.379 e. The number of nitrogens with one attached hydrogen (secondary N) is 1. The molecule has 23 heavy (non-hydrogen) atoms. The molecule has 0 spiro atoms. The van der Waals surface area contributed by atoms with Gasteiger partial charge in [0.25, 0.3) is 0 Å². The maximum atomic E-state index is 12.3. The Morgan fingerprint density at radius 2 is 1.96 bits per heavy atom. The normalized spacial score (nSPS) is 25.4. The molecular formula is C19H27NO3. The van der Waals surface area contributed by atoms with Crippen LogP contribution in [-0.2, 0) is 20.9 Å². The average Bonchev–Trinajstić information content (AvgIpc) is 3.08. The first-order valence-corrected chi connectivity index (χ1v) is 8.84. The van der Waals surface area contributed by atoms with E-state index in [1.165, 1.54) is 25.7 Å². The van der Waals surface area contributed by atoms with Crippen molar-refractivity contribution in [1.29, 1.82) is 0 Å². The topological polar surface area (TPSA) is 47.6 Å². The highest BCUT2D eigenvalue weighted by atomic mass is 16.5. The first kappa shape index (κ1) is 16.5. The van der Waals surface area contributed by atoms with E-state index in [4.69, 9.17) is 9.47 Å². The van der Waals surface area contributed by atoms with Crippen LogP contribution in [0.3, 0.4) is 0 Å². The van der Waals surface area contributed by atoms with E-state index in [1.54, 1.807) is 0 Å². The minimum absolute atomic E-state index is 0.0588. The molecule has 0 unspecified atom stereocenters. The summed E-state index contributed by atoms with van der Waals surface area (Å²) in [6.07, 6.45) is 6.40. The van der Waals surface area contributed by atoms with Crippen LogP contribution >= 0.6 is 0 Å². The van der Waals surface area contributed by atoms with Gasteiger partial charge in [-0.15, -0.1) is 0 Å². The lowest BCUT2D eigenvalue weighted by molar-refractivity contribution is -0.127. The quantitative estimate of drug-likeness (QED) is 0.877. The van der Waals surface area contributed by atoms with Crippen LogP contribution in [0.25, 0.3) is 0 Å². The van der Waals surface area contributed by atoms with Gasteiger partial charge in [0.15, 0.2) is 0 Å². The van der Waals surface area contributed by atoms with Crippen molar-refractivity contribution in [1.82, 2.24) is 5.32 Å². The zero-order chi connectivity index (χ0) is 15.9. The Balaban J connectivity index is 1.48. The lowest BCUT2D eigenvalue weighted by atomic mass is 10.0. The minimum Gasteiger partial charge on any atom is -0.379 e. The van der Waals surface area contributed by atoms with Gasteiger partial charge in [-0.05, 0) is 30.7 Å². The molecule has 0 bridgehead atoms. The SMILES string of the molecule is O=C(CC1CCCC1)N[C@@H]1CCOC[C@H]1OCc1ccccc1. The summed E-state index contributed by atoms with van der Waals surface area (Å²) < 4.78 is 11.6. The Morgan fingerprint density at radius 1 is 1.17 bits per heavy atom. The molecule has 4 heteroatoms. The molecule has 2 aliphatic rings. The number of ether oxygens (including phenoxy) is 2. The molecule has 1 N–H and O–H groups in total. The number of carbonyl (C=O) groups is 1. The van der Waals surface area contributed by atoms with Crippen LogP contribution < -0.4 is 5.32 Å². The van der Waals surface area contributed by atoms with Crippen LogP contribution in [0.5, 0.6) is 0 Å². The van der Waals surface area contributed by atoms with Crippen molar-refractivity contribution >= 4 is 5.91 Å². The van der Waals surface area contributed by atoms with E-state index in [9.17, 15) is 4.79 Å². The summed E-state index contributed by atoms with van der Waals surface area (Å²) in [6.45, 7) is 1.81. The van der Waals surface area contributed by atoms with E-state index >= 15 is 0 Å². The third-order valence-corrected chi connectivity index (χ3v) is 4.91. The molecule has 1 heterocycles. The van der Waals surface area contributed by atoms with E-state index in [2.05, 4.69) is 17.4 Å². The monoisotopic (exact) mass is 317 g/mol. The lowest BCUT2D eigenvalue weighted by Crippen LogP contribution is -2.50. The van der Waals surface area contributed by atoms with Crippen molar-refractivity contribution in [2.24, 2.45) is 5.92 Å². The Hall–Kier alpha value is -1.39. The third kappa shape index (κ3) is 5.05. The number of benzene rings is 1. The fourth-order valence-corrected chi connectivity index (χ4v) is 3.56. The van der Waals surface area contributed by atoms with Gasteiger partial charge in [-0.3, -0.25) is 4.79 Å². The van der Waals surface area contributed by atoms with E-state index in [0.717, 1.165) is 12.0 Å². The van der Waals surface area contributed by atoms with Crippen LogP contribution in [0.15, 0.2) is 30.3 Å². The maximum absolute atomic E-state index is 12.3. The average molecular weight is 317 g/mol. The van der Waals surface area contributed by atoms with Gasteiger partial charge in [-0.2, -0.15) is 0 Å². The first-order chi connectivity index (χ1) is 11.3. The summed E-state index contributed by atoms with van der Waals surface area (Å²) in [7, 11) is 0. The van der Waals surface area contributed by atoms with Crippen molar-refractivity contribution in [2.45, 2.75) is 57.3 Å². The molecule has 4 nitrogen and oxygen atoms in total. The maximum Gasteiger partial charge on any atom is 0.220 e. The van der Waals surface area contributed by atoms with Gasteiger partial charge in [0.1, 0.15) is 6.10 Å². The van der Waals surface area contributed by atoms with Crippen LogP contribution in [0.2, 0.25) is 0 Å². The second kappa shape index (κ2) is 8.46. The van der Waals surface area contributed by atoms with E-state index in [0.29, 0.717) is 32.2 Å². The van der Waals surface area contributed by atoms with Gasteiger partial charge in [-0.1, -0.05) is 43.2 Å². The summed E-state index contributed by atoms with van der Waals surface area (Å²) >= 11 is 0. The second-order valence-corrected chi connectivity index (χ2v) is 6.73. The molecule has 3 rings (SSSR count). The molecule has 0 radical (unpaired) electrons. The van der Waals surface area contributed by atoms with Gasteiger partial charge in [0.05, 0.1) is 19.3 Å². The van der Waals surface area contributed by atoms with Crippen LogP contribution in [-0.4, -0.2) is 31.3 Å². The summed E-state index contributed by atoms with van der Waals surface area (Å²) in [4.78, 5) is 12.3. The number of hydrogen-bond acceptors (Lipinski definition) is 3. The van der Waals surface area contributed by atoms with Crippen molar-refractivity contribution in [2.75, 3.05) is 13.2 Å². The van der Waals surface area contributed by atoms with Crippen molar-refractivity contribution in [3.63, 3.8) is 0 Å². The molecule has 1 saturated heterocycles. The number of carbonyl (C=O) groups excluding carboxylic acids is 1. The molecule has 1 aliphatic carbocycles. The van der Waals surface area contributed by atoms with Gasteiger partial charge in [-0.25, -0.2) is 0 Å². The Bertz CT molecular complexity index is 485. The van der Waals surface area contributed by atoms with Crippen LogP contribution in [0, 0.1) is 5.92 Å². The van der Waals surface area contributed by atoms with Crippen LogP contribution in [0.1, 0.15) is 44.1 Å². The fraction of sp³-hybridized carbons (Fsp3) is 0.632. The zero-order valence-corrected chi connectivity index (χ0v) is 13.7. The van der Waals surface area contributed by atoms with Gasteiger partial charge in [0.2, 0.25) is 5.91 Å². The third-order valence-electron chi connectivity index (χ3n) is 4.91. The van der Waals surface area contributed by atoms with Crippen LogP contribution in [0.4, 0.5) is 0 Å². The Morgan fingerprint density at radius 3 is 2.74 bits per heavy atom. The predicted octanol–water partition coefficient (Wildman–Crippen LogP) is 3.06. The number of hydrogen-bond donors (Lipinski definition) is 1. The predicted molar refractivity (Wildman–Crippen MR) is 89.0 cm³/mol. The molecule has 2 fully saturated rings. The summed E-state index contributed by atoms with van der Waals surface area (Å²) in [5.74, 6) is 0.760. The standard InChI is InChI=1S/C19H27NO3/c21-19(12-15-6-4-5-7-15)20-17-10-11-22-14-18(17)23-13-16-8-2-1-3-9-16/h1-3,8-9,15,17-18H,4-7,10-14H2,(H,20,21)/t17-,18-/m1/s1. The van der Waals surface area contributed by atoms with Crippen molar-refractivity contribution in [3.8, 4) is 0 Å². The molecule has 1 saturated carbocycles. The second-order valence-electron chi connectivity index (χ2n) is 6.73. The first-order valence-electron chi connectivity index (χ1n) is 8.84. The number of amides is 1. The van der Waals surface area contributed by atoms with E-state index < -0.39 is 0 Å². The molecule has 2 atom stereocenters. The fourth-order valence-electron chi connectivity index (χ4n) is 3.56. The molecule has 1 aromatic rings. The molecular weight excluding hydrogens is 290 g/mol. The summed E-state index contributed by atoms with van der Waals surface area (Å²) in [5, 5.41) is 3.19. The number of rotatable bonds is 6. The Labute approximate surface area is 138 Å². The lowest BCUT2D eigenvalue weighted by Gasteiger charge is -2.32. The summed E-state index contributed by atoms with van der Waals surface area (Å²) in [6, 6.07) is 10.2. The molecule has 1 aromatic carbocycles. The summed E-state index contributed by atoms with van der Waals surface area (Å²) in [5.41, 5.74) is 1.15. The highest BCUT2D eigenvalue weighted by Crippen LogP contribution is 2.27. The smallest absolute Gasteiger partial charge is 0.220 e. The molecule has 126 valence electrons. The van der Waals surface area contributed by atoms with Gasteiger partial charge < -0.3 is 14.8 Å². The highest BCUT2D eigenvalue weighted by molar-refractivity contribution is 5.76. The van der Waals surface area contributed by atoms with Crippen molar-refractivity contribution in [3.05, 3.63) is 35.9 Å². The zero-order valence-electron chi connectivity index (χ0n) is 13.7. The van der Waals surface area contributed by atoms with E-state index in [1.807, 2.05) is 18.2 Å². The molecule has 0 aromatic heterocycles. The highest BCUT2D eigenvalue weighted by Gasteiger charge is 2.29. The Kier molecular flexibility index (Phi) is 6.06. The van der Waals surface area contributed by atoms with Crippen molar-refractivity contribution < 1.29 is 14.3 Å². The minimum atomic E-state index is -0.0588.